The van der Waals surface area contributed by atoms with Gasteiger partial charge in [-0.25, -0.2) is 4.98 Å². The summed E-state index contributed by atoms with van der Waals surface area (Å²) < 4.78 is 6.21. The van der Waals surface area contributed by atoms with Crippen molar-refractivity contribution in [2.24, 2.45) is 19.8 Å². The van der Waals surface area contributed by atoms with Gasteiger partial charge in [-0.1, -0.05) is 18.2 Å². The van der Waals surface area contributed by atoms with Crippen molar-refractivity contribution in [2.45, 2.75) is 25.4 Å². The second kappa shape index (κ2) is 8.39. The summed E-state index contributed by atoms with van der Waals surface area (Å²) in [4.78, 5) is 20.0. The van der Waals surface area contributed by atoms with Crippen LogP contribution in [0.3, 0.4) is 0 Å². The largest absolute Gasteiger partial charge is 0.337 e. The summed E-state index contributed by atoms with van der Waals surface area (Å²) in [6.07, 6.45) is 5.86. The van der Waals surface area contributed by atoms with E-state index in [0.717, 1.165) is 58.4 Å². The molecular formula is C27H29N7O. The molecule has 1 fully saturated rings. The lowest BCUT2D eigenvalue weighted by Crippen LogP contribution is -2.45. The van der Waals surface area contributed by atoms with Gasteiger partial charge in [-0.15, -0.1) is 0 Å². The standard InChI is InChI=1S/C27H29N7O/c1-31-15-18(14-29-31)16-34-23-8-4-3-6-19(23)13-25(34)26-30-22-12-20(9-10-24(22)32(26)2)27(35)33-11-5-7-21(28)17-33/h3-4,6,8-10,12-15,21H,5,7,11,16-17,28H2,1-2H3. The summed E-state index contributed by atoms with van der Waals surface area (Å²) in [6.45, 7) is 2.06. The minimum atomic E-state index is 0.0277. The van der Waals surface area contributed by atoms with Gasteiger partial charge in [-0.2, -0.15) is 5.10 Å². The number of amides is 1. The molecule has 178 valence electrons. The SMILES string of the molecule is Cn1cc(Cn2c(-c3nc4cc(C(=O)N5CCCC(N)C5)ccc4n3C)cc3ccccc32)cn1. The van der Waals surface area contributed by atoms with Crippen molar-refractivity contribution in [3.05, 3.63) is 72.1 Å². The van der Waals surface area contributed by atoms with Gasteiger partial charge in [0, 0.05) is 61.5 Å². The molecule has 0 aliphatic carbocycles. The van der Waals surface area contributed by atoms with Gasteiger partial charge < -0.3 is 19.8 Å². The predicted molar refractivity (Wildman–Crippen MR) is 137 cm³/mol. The predicted octanol–water partition coefficient (Wildman–Crippen LogP) is 3.54. The zero-order valence-electron chi connectivity index (χ0n) is 20.1. The number of nitrogens with zero attached hydrogens (tertiary/aromatic N) is 6. The van der Waals surface area contributed by atoms with E-state index < -0.39 is 0 Å². The third kappa shape index (κ3) is 3.80. The zero-order valence-corrected chi connectivity index (χ0v) is 20.1. The van der Waals surface area contributed by atoms with Gasteiger partial charge in [0.05, 0.1) is 29.5 Å². The number of imidazole rings is 1. The number of rotatable bonds is 4. The molecule has 2 aromatic carbocycles. The van der Waals surface area contributed by atoms with Crippen LogP contribution in [0.2, 0.25) is 0 Å². The maximum atomic E-state index is 13.2. The Morgan fingerprint density at radius 1 is 1.11 bits per heavy atom. The molecule has 1 saturated heterocycles. The quantitative estimate of drug-likeness (QED) is 0.438. The highest BCUT2D eigenvalue weighted by molar-refractivity contribution is 5.98. The van der Waals surface area contributed by atoms with Crippen LogP contribution in [0, 0.1) is 0 Å². The van der Waals surface area contributed by atoms with E-state index in [0.29, 0.717) is 18.7 Å². The van der Waals surface area contributed by atoms with Gasteiger partial charge in [0.2, 0.25) is 0 Å². The van der Waals surface area contributed by atoms with E-state index in [1.807, 2.05) is 54.3 Å². The van der Waals surface area contributed by atoms with Gasteiger partial charge in [0.25, 0.3) is 5.91 Å². The van der Waals surface area contributed by atoms with Crippen LogP contribution in [0.4, 0.5) is 0 Å². The lowest BCUT2D eigenvalue weighted by atomic mass is 10.1. The molecule has 2 N–H and O–H groups in total. The van der Waals surface area contributed by atoms with E-state index in [2.05, 4.69) is 44.6 Å². The van der Waals surface area contributed by atoms with E-state index in [-0.39, 0.29) is 11.9 Å². The van der Waals surface area contributed by atoms with E-state index in [4.69, 9.17) is 10.7 Å². The molecule has 1 amide bonds. The first-order chi connectivity index (χ1) is 17.0. The maximum Gasteiger partial charge on any atom is 0.253 e. The molecule has 3 aromatic heterocycles. The normalized spacial score (nSPS) is 16.4. The van der Waals surface area contributed by atoms with E-state index in [1.54, 1.807) is 0 Å². The van der Waals surface area contributed by atoms with E-state index in [1.165, 1.54) is 0 Å². The molecule has 8 heteroatoms. The van der Waals surface area contributed by atoms with Crippen molar-refractivity contribution in [1.29, 1.82) is 0 Å². The first-order valence-corrected chi connectivity index (χ1v) is 12.1. The Labute approximate surface area is 203 Å². The molecule has 6 rings (SSSR count). The van der Waals surface area contributed by atoms with E-state index >= 15 is 0 Å². The number of hydrogen-bond donors (Lipinski definition) is 1. The third-order valence-electron chi connectivity index (χ3n) is 7.01. The monoisotopic (exact) mass is 467 g/mol. The molecule has 35 heavy (non-hydrogen) atoms. The van der Waals surface area contributed by atoms with Crippen LogP contribution in [0.15, 0.2) is 60.9 Å². The molecule has 5 aromatic rings. The summed E-state index contributed by atoms with van der Waals surface area (Å²) >= 11 is 0. The van der Waals surface area contributed by atoms with Crippen LogP contribution in [0.5, 0.6) is 0 Å². The molecule has 0 spiro atoms. The highest BCUT2D eigenvalue weighted by Crippen LogP contribution is 2.31. The second-order valence-electron chi connectivity index (χ2n) is 9.55. The minimum absolute atomic E-state index is 0.0277. The number of aromatic nitrogens is 5. The topological polar surface area (TPSA) is 86.9 Å². The Morgan fingerprint density at radius 3 is 2.77 bits per heavy atom. The van der Waals surface area contributed by atoms with Gasteiger partial charge >= 0.3 is 0 Å². The second-order valence-corrected chi connectivity index (χ2v) is 9.55. The molecule has 1 atom stereocenters. The average Bonchev–Trinajstić information content (AvgIpc) is 3.54. The first-order valence-electron chi connectivity index (χ1n) is 12.1. The number of aryl methyl sites for hydroxylation is 2. The van der Waals surface area contributed by atoms with Crippen molar-refractivity contribution in [3.8, 4) is 11.5 Å². The van der Waals surface area contributed by atoms with Crippen LogP contribution in [-0.2, 0) is 20.6 Å². The van der Waals surface area contributed by atoms with E-state index in [9.17, 15) is 4.79 Å². The number of hydrogen-bond acceptors (Lipinski definition) is 4. The van der Waals surface area contributed by atoms with Crippen molar-refractivity contribution in [1.82, 2.24) is 28.8 Å². The summed E-state index contributed by atoms with van der Waals surface area (Å²) in [6, 6.07) is 16.4. The number of para-hydroxylation sites is 1. The molecular weight excluding hydrogens is 438 g/mol. The summed E-state index contributed by atoms with van der Waals surface area (Å²) in [5.41, 5.74) is 11.9. The van der Waals surface area contributed by atoms with Gasteiger partial charge in [0.1, 0.15) is 0 Å². The number of fused-ring (bicyclic) bond motifs is 2. The zero-order chi connectivity index (χ0) is 24.1. The number of carbonyl (C=O) groups is 1. The van der Waals surface area contributed by atoms with Gasteiger partial charge in [-0.05, 0) is 43.2 Å². The third-order valence-corrected chi connectivity index (χ3v) is 7.01. The molecule has 0 saturated carbocycles. The Kier molecular flexibility index (Phi) is 5.18. The molecule has 1 unspecified atom stereocenters. The lowest BCUT2D eigenvalue weighted by Gasteiger charge is -2.30. The lowest BCUT2D eigenvalue weighted by molar-refractivity contribution is 0.0709. The number of benzene rings is 2. The molecule has 1 aliphatic heterocycles. The number of carbonyl (C=O) groups excluding carboxylic acids is 1. The van der Waals surface area contributed by atoms with Crippen molar-refractivity contribution < 1.29 is 4.79 Å². The van der Waals surface area contributed by atoms with Crippen molar-refractivity contribution >= 4 is 27.8 Å². The first kappa shape index (κ1) is 21.6. The van der Waals surface area contributed by atoms with Crippen molar-refractivity contribution in [3.63, 3.8) is 0 Å². The van der Waals surface area contributed by atoms with Crippen LogP contribution >= 0.6 is 0 Å². The number of nitrogens with two attached hydrogens (primary N) is 1. The summed E-state index contributed by atoms with van der Waals surface area (Å²) in [5, 5.41) is 5.50. The fourth-order valence-corrected chi connectivity index (χ4v) is 5.24. The highest BCUT2D eigenvalue weighted by Gasteiger charge is 2.24. The Balaban J connectivity index is 1.43. The molecule has 1 aliphatic rings. The van der Waals surface area contributed by atoms with Crippen LogP contribution in [0.1, 0.15) is 28.8 Å². The molecule has 4 heterocycles. The van der Waals surface area contributed by atoms with Crippen LogP contribution in [-0.4, -0.2) is 53.8 Å². The smallest absolute Gasteiger partial charge is 0.253 e. The Morgan fingerprint density at radius 2 is 1.97 bits per heavy atom. The van der Waals surface area contributed by atoms with Gasteiger partial charge in [-0.3, -0.25) is 9.48 Å². The van der Waals surface area contributed by atoms with Crippen molar-refractivity contribution in [2.75, 3.05) is 13.1 Å². The fourth-order valence-electron chi connectivity index (χ4n) is 5.24. The van der Waals surface area contributed by atoms with Crippen LogP contribution < -0.4 is 5.73 Å². The maximum absolute atomic E-state index is 13.2. The Hall–Kier alpha value is -3.91. The number of likely N-dealkylation sites (tertiary alicyclic amines) is 1. The minimum Gasteiger partial charge on any atom is -0.337 e. The average molecular weight is 468 g/mol. The van der Waals surface area contributed by atoms with Crippen LogP contribution in [0.25, 0.3) is 33.5 Å². The molecule has 8 nitrogen and oxygen atoms in total. The highest BCUT2D eigenvalue weighted by atomic mass is 16.2. The van der Waals surface area contributed by atoms with Gasteiger partial charge in [0.15, 0.2) is 5.82 Å². The Bertz CT molecular complexity index is 1560. The number of piperidine rings is 1. The molecule has 0 radical (unpaired) electrons. The summed E-state index contributed by atoms with van der Waals surface area (Å²) in [7, 11) is 3.96. The fraction of sp³-hybridized carbons (Fsp3) is 0.296. The molecule has 0 bridgehead atoms. The summed E-state index contributed by atoms with van der Waals surface area (Å²) in [5.74, 6) is 0.893.